The molecule has 0 spiro atoms. The van der Waals surface area contributed by atoms with Crippen molar-refractivity contribution in [2.24, 2.45) is 0 Å². The van der Waals surface area contributed by atoms with E-state index in [2.05, 4.69) is 15.1 Å². The summed E-state index contributed by atoms with van der Waals surface area (Å²) in [6.07, 6.45) is -2.98. The number of benzene rings is 2. The van der Waals surface area contributed by atoms with E-state index in [0.29, 0.717) is 29.9 Å². The Morgan fingerprint density at radius 1 is 1.09 bits per heavy atom. The van der Waals surface area contributed by atoms with Crippen molar-refractivity contribution in [2.75, 3.05) is 13.6 Å². The van der Waals surface area contributed by atoms with Crippen LogP contribution in [-0.4, -0.2) is 50.3 Å². The standard InChI is InChI=1S/C23H21F3N6O2/c1-31(12-15-7-9-16(10-8-15)21(33)27-14-23(24,25)26)13-19-29-20-18(22(34)30-19)11-28-32(20)17-5-3-2-4-6-17/h2-11H,12-14H2,1H3,(H,27,33)(H,29,30,34). The van der Waals surface area contributed by atoms with Gasteiger partial charge in [-0.3, -0.25) is 14.5 Å². The maximum Gasteiger partial charge on any atom is 0.405 e. The third-order valence-corrected chi connectivity index (χ3v) is 5.03. The van der Waals surface area contributed by atoms with Crippen LogP contribution in [0.3, 0.4) is 0 Å². The predicted octanol–water partition coefficient (Wildman–Crippen LogP) is 3.03. The average Bonchev–Trinajstić information content (AvgIpc) is 3.22. The zero-order chi connectivity index (χ0) is 24.3. The van der Waals surface area contributed by atoms with E-state index in [-0.39, 0.29) is 11.1 Å². The van der Waals surface area contributed by atoms with Crippen molar-refractivity contribution in [3.63, 3.8) is 0 Å². The molecule has 0 aliphatic rings. The van der Waals surface area contributed by atoms with E-state index in [9.17, 15) is 22.8 Å². The lowest BCUT2D eigenvalue weighted by molar-refractivity contribution is -0.123. The van der Waals surface area contributed by atoms with Crippen LogP contribution in [0.5, 0.6) is 0 Å². The number of hydrogen-bond donors (Lipinski definition) is 2. The second kappa shape index (κ2) is 9.48. The molecule has 0 saturated heterocycles. The topological polar surface area (TPSA) is 95.9 Å². The van der Waals surface area contributed by atoms with Gasteiger partial charge in [-0.1, -0.05) is 30.3 Å². The summed E-state index contributed by atoms with van der Waals surface area (Å²) in [7, 11) is 1.84. The number of rotatable bonds is 7. The van der Waals surface area contributed by atoms with Crippen molar-refractivity contribution >= 4 is 16.9 Å². The molecule has 0 radical (unpaired) electrons. The SMILES string of the molecule is CN(Cc1ccc(C(=O)NCC(F)(F)F)cc1)Cc1nc2c(cnn2-c2ccccc2)c(=O)[nH]1. The first-order valence-corrected chi connectivity index (χ1v) is 10.3. The lowest BCUT2D eigenvalue weighted by atomic mass is 10.1. The highest BCUT2D eigenvalue weighted by Gasteiger charge is 2.27. The van der Waals surface area contributed by atoms with Crippen LogP contribution in [0.1, 0.15) is 21.7 Å². The van der Waals surface area contributed by atoms with Crippen LogP contribution in [0.15, 0.2) is 65.6 Å². The minimum absolute atomic E-state index is 0.140. The number of nitrogens with zero attached hydrogens (tertiary/aromatic N) is 4. The van der Waals surface area contributed by atoms with Crippen LogP contribution in [0.4, 0.5) is 13.2 Å². The molecule has 0 aliphatic carbocycles. The van der Waals surface area contributed by atoms with E-state index in [1.165, 1.54) is 18.3 Å². The number of amides is 1. The van der Waals surface area contributed by atoms with Crippen molar-refractivity contribution in [3.05, 3.63) is 88.1 Å². The number of carbonyl (C=O) groups excluding carboxylic acids is 1. The van der Waals surface area contributed by atoms with Crippen molar-refractivity contribution in [2.45, 2.75) is 19.3 Å². The Morgan fingerprint density at radius 3 is 2.47 bits per heavy atom. The smallest absolute Gasteiger partial charge is 0.343 e. The first kappa shape index (κ1) is 23.2. The van der Waals surface area contributed by atoms with Crippen molar-refractivity contribution in [1.29, 1.82) is 0 Å². The molecule has 2 aromatic carbocycles. The molecular formula is C23H21F3N6O2. The molecule has 4 aromatic rings. The quantitative estimate of drug-likeness (QED) is 0.433. The maximum absolute atomic E-state index is 12.5. The largest absolute Gasteiger partial charge is 0.405 e. The summed E-state index contributed by atoms with van der Waals surface area (Å²) in [6.45, 7) is -0.585. The average molecular weight is 470 g/mol. The van der Waals surface area contributed by atoms with E-state index in [1.54, 1.807) is 16.8 Å². The summed E-state index contributed by atoms with van der Waals surface area (Å²) in [4.78, 5) is 33.6. The van der Waals surface area contributed by atoms with Gasteiger partial charge in [-0.05, 0) is 36.9 Å². The maximum atomic E-state index is 12.5. The van der Waals surface area contributed by atoms with E-state index in [4.69, 9.17) is 0 Å². The zero-order valence-electron chi connectivity index (χ0n) is 18.1. The van der Waals surface area contributed by atoms with Crippen LogP contribution in [0.25, 0.3) is 16.7 Å². The molecule has 176 valence electrons. The van der Waals surface area contributed by atoms with E-state index in [0.717, 1.165) is 11.3 Å². The van der Waals surface area contributed by atoms with Crippen molar-refractivity contribution in [1.82, 2.24) is 30.0 Å². The molecule has 8 nitrogen and oxygen atoms in total. The third kappa shape index (κ3) is 5.49. The number of H-pyrrole nitrogens is 1. The molecular weight excluding hydrogens is 449 g/mol. The number of hydrogen-bond acceptors (Lipinski definition) is 5. The van der Waals surface area contributed by atoms with Gasteiger partial charge in [-0.2, -0.15) is 18.3 Å². The predicted molar refractivity (Wildman–Crippen MR) is 119 cm³/mol. The Bertz CT molecular complexity index is 1350. The molecule has 0 fully saturated rings. The molecule has 0 saturated carbocycles. The van der Waals surface area contributed by atoms with Gasteiger partial charge < -0.3 is 10.3 Å². The van der Waals surface area contributed by atoms with Crippen LogP contribution >= 0.6 is 0 Å². The Labute approximate surface area is 192 Å². The number of nitrogens with one attached hydrogen (secondary N) is 2. The fraction of sp³-hybridized carbons (Fsp3) is 0.217. The van der Waals surface area contributed by atoms with Crippen LogP contribution in [0.2, 0.25) is 0 Å². The number of fused-ring (bicyclic) bond motifs is 1. The van der Waals surface area contributed by atoms with E-state index in [1.807, 2.05) is 47.6 Å². The van der Waals surface area contributed by atoms with E-state index >= 15 is 0 Å². The molecule has 11 heteroatoms. The van der Waals surface area contributed by atoms with Crippen molar-refractivity contribution < 1.29 is 18.0 Å². The summed E-state index contributed by atoms with van der Waals surface area (Å²) in [5.74, 6) is -0.330. The molecule has 0 bridgehead atoms. The highest BCUT2D eigenvalue weighted by atomic mass is 19.4. The minimum atomic E-state index is -4.46. The van der Waals surface area contributed by atoms with Crippen molar-refractivity contribution in [3.8, 4) is 5.69 Å². The summed E-state index contributed by atoms with van der Waals surface area (Å²) >= 11 is 0. The normalized spacial score (nSPS) is 11.8. The Balaban J connectivity index is 1.45. The number of aromatic amines is 1. The van der Waals surface area contributed by atoms with Gasteiger partial charge in [0, 0.05) is 12.1 Å². The molecule has 0 atom stereocenters. The summed E-state index contributed by atoms with van der Waals surface area (Å²) < 4.78 is 38.4. The second-order valence-corrected chi connectivity index (χ2v) is 7.81. The molecule has 2 heterocycles. The second-order valence-electron chi connectivity index (χ2n) is 7.81. The van der Waals surface area contributed by atoms with Gasteiger partial charge in [0.1, 0.15) is 17.8 Å². The number of halogens is 3. The first-order valence-electron chi connectivity index (χ1n) is 10.3. The fourth-order valence-corrected chi connectivity index (χ4v) is 3.46. The third-order valence-electron chi connectivity index (χ3n) is 5.03. The number of alkyl halides is 3. The monoisotopic (exact) mass is 470 g/mol. The van der Waals surface area contributed by atoms with Crippen LogP contribution < -0.4 is 10.9 Å². The lowest BCUT2D eigenvalue weighted by Crippen LogP contribution is -2.33. The van der Waals surface area contributed by atoms with Gasteiger partial charge in [-0.25, -0.2) is 9.67 Å². The molecule has 0 unspecified atom stereocenters. The Kier molecular flexibility index (Phi) is 6.46. The Hall–Kier alpha value is -3.99. The fourth-order valence-electron chi connectivity index (χ4n) is 3.46. The number of aromatic nitrogens is 4. The van der Waals surface area contributed by atoms with Gasteiger partial charge in [0.05, 0.1) is 18.4 Å². The number of carbonyl (C=O) groups is 1. The molecule has 0 aliphatic heterocycles. The highest BCUT2D eigenvalue weighted by molar-refractivity contribution is 5.94. The summed E-state index contributed by atoms with van der Waals surface area (Å²) in [6, 6.07) is 15.6. The zero-order valence-corrected chi connectivity index (χ0v) is 18.1. The van der Waals surface area contributed by atoms with Gasteiger partial charge in [0.15, 0.2) is 5.65 Å². The van der Waals surface area contributed by atoms with Crippen LogP contribution in [-0.2, 0) is 13.1 Å². The number of para-hydroxylation sites is 1. The molecule has 1 amide bonds. The van der Waals surface area contributed by atoms with Gasteiger partial charge in [0.2, 0.25) is 0 Å². The molecule has 4 rings (SSSR count). The summed E-state index contributed by atoms with van der Waals surface area (Å²) in [5.41, 5.74) is 1.93. The van der Waals surface area contributed by atoms with Crippen LogP contribution in [0, 0.1) is 0 Å². The highest BCUT2D eigenvalue weighted by Crippen LogP contribution is 2.15. The first-order chi connectivity index (χ1) is 16.2. The Morgan fingerprint density at radius 2 is 1.79 bits per heavy atom. The summed E-state index contributed by atoms with van der Waals surface area (Å²) in [5, 5.41) is 6.52. The van der Waals surface area contributed by atoms with E-state index < -0.39 is 18.6 Å². The van der Waals surface area contributed by atoms with Gasteiger partial charge in [0.25, 0.3) is 11.5 Å². The molecule has 2 N–H and O–H groups in total. The van der Waals surface area contributed by atoms with Gasteiger partial charge >= 0.3 is 6.18 Å². The minimum Gasteiger partial charge on any atom is -0.343 e. The molecule has 34 heavy (non-hydrogen) atoms. The van der Waals surface area contributed by atoms with Gasteiger partial charge in [-0.15, -0.1) is 0 Å². The lowest BCUT2D eigenvalue weighted by Gasteiger charge is -2.16. The molecule has 2 aromatic heterocycles.